The summed E-state index contributed by atoms with van der Waals surface area (Å²) in [7, 11) is 0. The summed E-state index contributed by atoms with van der Waals surface area (Å²) in [6.45, 7) is 6.57. The molecular weight excluding hydrogens is 366 g/mol. The summed E-state index contributed by atoms with van der Waals surface area (Å²) >= 11 is 0. The predicted octanol–water partition coefficient (Wildman–Crippen LogP) is 0.441. The van der Waals surface area contributed by atoms with Gasteiger partial charge in [-0.05, 0) is 18.4 Å². The van der Waals surface area contributed by atoms with Crippen molar-refractivity contribution < 1.29 is 5.11 Å². The van der Waals surface area contributed by atoms with E-state index in [2.05, 4.69) is 50.1 Å². The van der Waals surface area contributed by atoms with E-state index < -0.39 is 6.10 Å². The van der Waals surface area contributed by atoms with Gasteiger partial charge in [0.1, 0.15) is 11.6 Å². The number of aromatic nitrogens is 2. The third-order valence-electron chi connectivity index (χ3n) is 6.06. The molecule has 0 radical (unpaired) electrons. The smallest absolute Gasteiger partial charge is 0.223 e. The van der Waals surface area contributed by atoms with Gasteiger partial charge in [-0.25, -0.2) is 0 Å². The molecule has 1 aromatic heterocycles. The van der Waals surface area contributed by atoms with Crippen LogP contribution in [0.1, 0.15) is 12.0 Å². The molecule has 2 saturated heterocycles. The summed E-state index contributed by atoms with van der Waals surface area (Å²) in [5.41, 5.74) is 12.9. The standard InChI is InChI=1S/C21H31N7O/c22-19-14-20(25-21(23)24-19)28-9-7-17(18(29)15-28)27-12-10-26(11-13-27)8-6-16-4-2-1-3-5-16/h1-5,14,17-18,29H,6-13,15H2,(H4,22,23,24,25)/t17-,18-/m1/s1. The molecule has 0 saturated carbocycles. The van der Waals surface area contributed by atoms with Crippen LogP contribution in [0.5, 0.6) is 0 Å². The zero-order chi connectivity index (χ0) is 20.2. The van der Waals surface area contributed by atoms with E-state index in [9.17, 15) is 5.11 Å². The molecule has 5 N–H and O–H groups in total. The first kappa shape index (κ1) is 19.9. The van der Waals surface area contributed by atoms with Crippen LogP contribution >= 0.6 is 0 Å². The van der Waals surface area contributed by atoms with Crippen molar-refractivity contribution in [3.05, 3.63) is 42.0 Å². The molecule has 0 unspecified atom stereocenters. The zero-order valence-corrected chi connectivity index (χ0v) is 16.8. The number of hydrogen-bond acceptors (Lipinski definition) is 8. The molecule has 1 aromatic carbocycles. The SMILES string of the molecule is Nc1cc(N2CC[C@@H](N3CCN(CCc4ccccc4)CC3)[C@H](O)C2)nc(N)n1. The number of nitrogens with zero attached hydrogens (tertiary/aromatic N) is 5. The lowest BCUT2D eigenvalue weighted by Crippen LogP contribution is -2.59. The quantitative estimate of drug-likeness (QED) is 0.667. The maximum Gasteiger partial charge on any atom is 0.223 e. The van der Waals surface area contributed by atoms with Gasteiger partial charge in [-0.3, -0.25) is 4.90 Å². The van der Waals surface area contributed by atoms with Gasteiger partial charge in [-0.15, -0.1) is 0 Å². The average molecular weight is 398 g/mol. The van der Waals surface area contributed by atoms with Crippen molar-refractivity contribution in [2.45, 2.75) is 25.0 Å². The maximum absolute atomic E-state index is 10.8. The third-order valence-corrected chi connectivity index (χ3v) is 6.06. The number of benzene rings is 1. The molecule has 0 bridgehead atoms. The Kier molecular flexibility index (Phi) is 6.13. The van der Waals surface area contributed by atoms with Gasteiger partial charge in [-0.2, -0.15) is 9.97 Å². The second-order valence-corrected chi connectivity index (χ2v) is 7.99. The van der Waals surface area contributed by atoms with Crippen LogP contribution < -0.4 is 16.4 Å². The number of aliphatic hydroxyl groups is 1. The Bertz CT molecular complexity index is 775. The molecule has 3 heterocycles. The Balaban J connectivity index is 1.26. The fourth-order valence-corrected chi connectivity index (χ4v) is 4.44. The van der Waals surface area contributed by atoms with E-state index in [-0.39, 0.29) is 12.0 Å². The highest BCUT2D eigenvalue weighted by molar-refractivity contribution is 5.50. The molecular formula is C21H31N7O. The Morgan fingerprint density at radius 2 is 1.76 bits per heavy atom. The van der Waals surface area contributed by atoms with Crippen LogP contribution in [0.15, 0.2) is 36.4 Å². The second-order valence-electron chi connectivity index (χ2n) is 7.99. The molecule has 8 heteroatoms. The summed E-state index contributed by atoms with van der Waals surface area (Å²) in [4.78, 5) is 15.2. The van der Waals surface area contributed by atoms with Gasteiger partial charge in [0.25, 0.3) is 0 Å². The monoisotopic (exact) mass is 397 g/mol. The molecule has 0 amide bonds. The highest BCUT2D eigenvalue weighted by Gasteiger charge is 2.34. The first-order valence-corrected chi connectivity index (χ1v) is 10.4. The van der Waals surface area contributed by atoms with Gasteiger partial charge in [0.15, 0.2) is 0 Å². The predicted molar refractivity (Wildman–Crippen MR) is 116 cm³/mol. The van der Waals surface area contributed by atoms with Crippen LogP contribution in [0.3, 0.4) is 0 Å². The van der Waals surface area contributed by atoms with Gasteiger partial charge in [0.2, 0.25) is 5.95 Å². The van der Waals surface area contributed by atoms with Gasteiger partial charge < -0.3 is 26.4 Å². The number of anilines is 3. The van der Waals surface area contributed by atoms with E-state index >= 15 is 0 Å². The van der Waals surface area contributed by atoms with E-state index in [0.717, 1.165) is 52.1 Å². The van der Waals surface area contributed by atoms with Crippen LogP contribution in [0, 0.1) is 0 Å². The number of hydrogen-bond donors (Lipinski definition) is 3. The Morgan fingerprint density at radius 1 is 1.00 bits per heavy atom. The minimum atomic E-state index is -0.419. The fourth-order valence-electron chi connectivity index (χ4n) is 4.44. The number of nitrogens with two attached hydrogens (primary N) is 2. The molecule has 2 aliphatic rings. The topological polar surface area (TPSA) is 108 Å². The highest BCUT2D eigenvalue weighted by Crippen LogP contribution is 2.24. The molecule has 2 fully saturated rings. The van der Waals surface area contributed by atoms with E-state index in [4.69, 9.17) is 11.5 Å². The van der Waals surface area contributed by atoms with E-state index in [0.29, 0.717) is 18.2 Å². The molecule has 2 aliphatic heterocycles. The van der Waals surface area contributed by atoms with Gasteiger partial charge in [-0.1, -0.05) is 30.3 Å². The number of piperazine rings is 1. The van der Waals surface area contributed by atoms with E-state index in [1.165, 1.54) is 5.56 Å². The minimum absolute atomic E-state index is 0.170. The lowest BCUT2D eigenvalue weighted by Gasteiger charge is -2.45. The van der Waals surface area contributed by atoms with Crippen molar-refractivity contribution in [2.24, 2.45) is 0 Å². The maximum atomic E-state index is 10.8. The summed E-state index contributed by atoms with van der Waals surface area (Å²) < 4.78 is 0. The number of rotatable bonds is 5. The Labute approximate surface area is 172 Å². The molecule has 156 valence electrons. The van der Waals surface area contributed by atoms with Crippen molar-refractivity contribution in [1.82, 2.24) is 19.8 Å². The molecule has 29 heavy (non-hydrogen) atoms. The first-order chi connectivity index (χ1) is 14.1. The van der Waals surface area contributed by atoms with Crippen molar-refractivity contribution in [1.29, 1.82) is 0 Å². The lowest BCUT2D eigenvalue weighted by atomic mass is 9.99. The second kappa shape index (κ2) is 8.94. The molecule has 2 atom stereocenters. The lowest BCUT2D eigenvalue weighted by molar-refractivity contribution is 0.00968. The Morgan fingerprint density at radius 3 is 2.45 bits per heavy atom. The fraction of sp³-hybridized carbons (Fsp3) is 0.524. The van der Waals surface area contributed by atoms with Crippen LogP contribution in [-0.4, -0.2) is 82.8 Å². The number of nitrogen functional groups attached to an aromatic ring is 2. The summed E-state index contributed by atoms with van der Waals surface area (Å²) in [6, 6.07) is 12.6. The van der Waals surface area contributed by atoms with Gasteiger partial charge >= 0.3 is 0 Å². The minimum Gasteiger partial charge on any atom is -0.390 e. The number of β-amino-alcohol motifs (C(OH)–C–C–N with tert-alkyl or cyclic N) is 1. The number of aliphatic hydroxyl groups excluding tert-OH is 1. The first-order valence-electron chi connectivity index (χ1n) is 10.4. The van der Waals surface area contributed by atoms with Crippen molar-refractivity contribution in [3.63, 3.8) is 0 Å². The summed E-state index contributed by atoms with van der Waals surface area (Å²) in [5.74, 6) is 1.22. The summed E-state index contributed by atoms with van der Waals surface area (Å²) in [5, 5.41) is 10.8. The number of piperidine rings is 1. The molecule has 2 aromatic rings. The Hall–Kier alpha value is -2.42. The van der Waals surface area contributed by atoms with Crippen molar-refractivity contribution >= 4 is 17.6 Å². The highest BCUT2D eigenvalue weighted by atomic mass is 16.3. The van der Waals surface area contributed by atoms with Crippen LogP contribution in [0.2, 0.25) is 0 Å². The molecule has 0 spiro atoms. The van der Waals surface area contributed by atoms with Crippen molar-refractivity contribution in [2.75, 3.05) is 62.2 Å². The van der Waals surface area contributed by atoms with Gasteiger partial charge in [0.05, 0.1) is 6.10 Å². The van der Waals surface area contributed by atoms with Gasteiger partial charge in [0, 0.05) is 57.9 Å². The largest absolute Gasteiger partial charge is 0.390 e. The summed E-state index contributed by atoms with van der Waals surface area (Å²) in [6.07, 6.45) is 1.57. The van der Waals surface area contributed by atoms with Crippen molar-refractivity contribution in [3.8, 4) is 0 Å². The van der Waals surface area contributed by atoms with Crippen LogP contribution in [-0.2, 0) is 6.42 Å². The van der Waals surface area contributed by atoms with Crippen LogP contribution in [0.4, 0.5) is 17.6 Å². The zero-order valence-electron chi connectivity index (χ0n) is 16.8. The van der Waals surface area contributed by atoms with Crippen LogP contribution in [0.25, 0.3) is 0 Å². The molecule has 8 nitrogen and oxygen atoms in total. The molecule has 4 rings (SSSR count). The third kappa shape index (κ3) is 4.95. The van der Waals surface area contributed by atoms with E-state index in [1.54, 1.807) is 6.07 Å². The van der Waals surface area contributed by atoms with E-state index in [1.807, 2.05) is 4.90 Å². The normalized spacial score (nSPS) is 24.0. The molecule has 0 aliphatic carbocycles. The average Bonchev–Trinajstić information content (AvgIpc) is 2.73.